The number of hydrogen-bond donors (Lipinski definition) is 1. The van der Waals surface area contributed by atoms with E-state index in [0.29, 0.717) is 18.6 Å². The molecule has 2 N–H and O–H groups in total. The van der Waals surface area contributed by atoms with Crippen molar-refractivity contribution >= 4 is 15.5 Å². The Morgan fingerprint density at radius 1 is 1.11 bits per heavy atom. The molecule has 1 aromatic rings. The van der Waals surface area contributed by atoms with E-state index in [1.807, 2.05) is 6.92 Å². The minimum Gasteiger partial charge on any atom is -0.396 e. The summed E-state index contributed by atoms with van der Waals surface area (Å²) in [5.74, 6) is -2.08. The lowest BCUT2D eigenvalue weighted by molar-refractivity contribution is 0.552. The van der Waals surface area contributed by atoms with Crippen LogP contribution >= 0.6 is 0 Å². The van der Waals surface area contributed by atoms with Crippen molar-refractivity contribution in [1.82, 2.24) is 0 Å². The number of nitrogens with two attached hydrogens (primary N) is 1. The molecule has 3 nitrogen and oxygen atoms in total. The molecule has 0 aliphatic heterocycles. The Labute approximate surface area is 106 Å². The van der Waals surface area contributed by atoms with Gasteiger partial charge in [0.1, 0.15) is 16.5 Å². The lowest BCUT2D eigenvalue weighted by Gasteiger charge is -2.07. The highest BCUT2D eigenvalue weighted by Crippen LogP contribution is 2.22. The van der Waals surface area contributed by atoms with Crippen molar-refractivity contribution in [2.24, 2.45) is 0 Å². The maximum absolute atomic E-state index is 13.5. The number of halogens is 2. The monoisotopic (exact) mass is 277 g/mol. The zero-order chi connectivity index (χ0) is 13.8. The van der Waals surface area contributed by atoms with Crippen LogP contribution in [0.3, 0.4) is 0 Å². The van der Waals surface area contributed by atoms with E-state index in [2.05, 4.69) is 0 Å². The van der Waals surface area contributed by atoms with Gasteiger partial charge in [-0.3, -0.25) is 0 Å². The maximum atomic E-state index is 13.5. The molecule has 0 heterocycles. The van der Waals surface area contributed by atoms with Gasteiger partial charge >= 0.3 is 0 Å². The molecule has 0 aliphatic carbocycles. The first kappa shape index (κ1) is 14.9. The van der Waals surface area contributed by atoms with E-state index in [1.165, 1.54) is 0 Å². The Bertz CT molecular complexity index is 515. The van der Waals surface area contributed by atoms with Crippen molar-refractivity contribution in [3.8, 4) is 0 Å². The van der Waals surface area contributed by atoms with Crippen molar-refractivity contribution in [3.63, 3.8) is 0 Å². The van der Waals surface area contributed by atoms with Crippen LogP contribution in [0.15, 0.2) is 17.0 Å². The summed E-state index contributed by atoms with van der Waals surface area (Å²) in [5.41, 5.74) is 4.77. The molecule has 0 spiro atoms. The van der Waals surface area contributed by atoms with Gasteiger partial charge in [-0.15, -0.1) is 0 Å². The Balaban J connectivity index is 2.88. The number of anilines is 1. The first-order valence-electron chi connectivity index (χ1n) is 5.85. The fourth-order valence-corrected chi connectivity index (χ4v) is 3.05. The Hall–Kier alpha value is -1.17. The molecule has 1 rings (SSSR count). The second-order valence-electron chi connectivity index (χ2n) is 4.18. The third kappa shape index (κ3) is 3.66. The summed E-state index contributed by atoms with van der Waals surface area (Å²) in [7, 11) is -3.78. The summed E-state index contributed by atoms with van der Waals surface area (Å²) in [6, 6.07) is 1.36. The van der Waals surface area contributed by atoms with E-state index >= 15 is 0 Å². The molecule has 0 aliphatic rings. The first-order valence-corrected chi connectivity index (χ1v) is 7.51. The fraction of sp³-hybridized carbons (Fsp3) is 0.500. The topological polar surface area (TPSA) is 60.2 Å². The molecule has 0 aromatic heterocycles. The van der Waals surface area contributed by atoms with E-state index in [9.17, 15) is 17.2 Å². The fourth-order valence-electron chi connectivity index (χ4n) is 1.61. The Morgan fingerprint density at radius 3 is 2.39 bits per heavy atom. The number of sulfone groups is 1. The third-order valence-corrected chi connectivity index (χ3v) is 4.46. The van der Waals surface area contributed by atoms with Crippen molar-refractivity contribution in [2.45, 2.75) is 37.5 Å². The van der Waals surface area contributed by atoms with E-state index < -0.39 is 32.1 Å². The highest BCUT2D eigenvalue weighted by Gasteiger charge is 2.20. The van der Waals surface area contributed by atoms with Crippen molar-refractivity contribution in [3.05, 3.63) is 23.8 Å². The van der Waals surface area contributed by atoms with Gasteiger partial charge in [0.15, 0.2) is 9.84 Å². The van der Waals surface area contributed by atoms with Gasteiger partial charge < -0.3 is 5.73 Å². The number of rotatable bonds is 6. The van der Waals surface area contributed by atoms with Crippen LogP contribution in [0.5, 0.6) is 0 Å². The molecule has 0 bridgehead atoms. The standard InChI is InChI=1S/C12H17F2NO2S/c1-2-3-4-5-6-18(16,17)12-8-9(13)11(15)7-10(12)14/h7-8H,2-6,15H2,1H3. The number of unbranched alkanes of at least 4 members (excludes halogenated alkanes) is 3. The maximum Gasteiger partial charge on any atom is 0.181 e. The zero-order valence-corrected chi connectivity index (χ0v) is 11.1. The number of nitrogen functional groups attached to an aromatic ring is 1. The summed E-state index contributed by atoms with van der Waals surface area (Å²) in [5, 5.41) is 0. The van der Waals surface area contributed by atoms with Crippen LogP contribution in [0.25, 0.3) is 0 Å². The quantitative estimate of drug-likeness (QED) is 0.642. The summed E-state index contributed by atoms with van der Waals surface area (Å²) < 4.78 is 50.3. The molecule has 0 saturated carbocycles. The highest BCUT2D eigenvalue weighted by atomic mass is 32.2. The van der Waals surface area contributed by atoms with E-state index in [1.54, 1.807) is 0 Å². The lowest BCUT2D eigenvalue weighted by Crippen LogP contribution is -2.10. The number of hydrogen-bond acceptors (Lipinski definition) is 3. The van der Waals surface area contributed by atoms with Gasteiger partial charge in [-0.05, 0) is 12.5 Å². The largest absolute Gasteiger partial charge is 0.396 e. The minimum atomic E-state index is -3.78. The normalized spacial score (nSPS) is 11.7. The van der Waals surface area contributed by atoms with Gasteiger partial charge in [0.05, 0.1) is 11.4 Å². The Kier molecular flexibility index (Phi) is 5.07. The lowest BCUT2D eigenvalue weighted by atomic mass is 10.2. The second-order valence-corrected chi connectivity index (χ2v) is 6.26. The van der Waals surface area contributed by atoms with E-state index in [4.69, 9.17) is 5.73 Å². The molecule has 6 heteroatoms. The van der Waals surface area contributed by atoms with E-state index in [-0.39, 0.29) is 5.75 Å². The molecular formula is C12H17F2NO2S. The minimum absolute atomic E-state index is 0.173. The second kappa shape index (κ2) is 6.13. The van der Waals surface area contributed by atoms with Gasteiger partial charge in [0.25, 0.3) is 0 Å². The summed E-state index contributed by atoms with van der Waals surface area (Å²) >= 11 is 0. The molecule has 102 valence electrons. The molecule has 0 fully saturated rings. The van der Waals surface area contributed by atoms with Gasteiger partial charge in [-0.25, -0.2) is 17.2 Å². The molecule has 18 heavy (non-hydrogen) atoms. The molecule has 0 radical (unpaired) electrons. The highest BCUT2D eigenvalue weighted by molar-refractivity contribution is 7.91. The molecule has 0 unspecified atom stereocenters. The van der Waals surface area contributed by atoms with Crippen LogP contribution in [-0.4, -0.2) is 14.2 Å². The summed E-state index contributed by atoms with van der Waals surface area (Å²) in [6.07, 6.45) is 3.11. The van der Waals surface area contributed by atoms with Gasteiger partial charge in [-0.2, -0.15) is 0 Å². The predicted molar refractivity (Wildman–Crippen MR) is 67.0 cm³/mol. The average molecular weight is 277 g/mol. The van der Waals surface area contributed by atoms with Crippen LogP contribution in [-0.2, 0) is 9.84 Å². The first-order chi connectivity index (χ1) is 8.38. The molecule has 0 atom stereocenters. The Morgan fingerprint density at radius 2 is 1.78 bits per heavy atom. The van der Waals surface area contributed by atoms with Crippen LogP contribution < -0.4 is 5.73 Å². The SMILES string of the molecule is CCCCCCS(=O)(=O)c1cc(F)c(N)cc1F. The van der Waals surface area contributed by atoms with Gasteiger partial charge in [-0.1, -0.05) is 26.2 Å². The summed E-state index contributed by atoms with van der Waals surface area (Å²) in [4.78, 5) is -0.606. The van der Waals surface area contributed by atoms with E-state index in [0.717, 1.165) is 19.3 Å². The molecular weight excluding hydrogens is 260 g/mol. The molecule has 1 aromatic carbocycles. The average Bonchev–Trinajstić information content (AvgIpc) is 2.29. The zero-order valence-electron chi connectivity index (χ0n) is 10.2. The van der Waals surface area contributed by atoms with Crippen molar-refractivity contribution < 1.29 is 17.2 Å². The molecule has 0 saturated heterocycles. The van der Waals surface area contributed by atoms with Crippen molar-refractivity contribution in [2.75, 3.05) is 11.5 Å². The van der Waals surface area contributed by atoms with Gasteiger partial charge in [0.2, 0.25) is 0 Å². The van der Waals surface area contributed by atoms with Crippen LogP contribution in [0.4, 0.5) is 14.5 Å². The van der Waals surface area contributed by atoms with Crippen LogP contribution in [0.2, 0.25) is 0 Å². The number of benzene rings is 1. The smallest absolute Gasteiger partial charge is 0.181 e. The van der Waals surface area contributed by atoms with Crippen LogP contribution in [0, 0.1) is 11.6 Å². The van der Waals surface area contributed by atoms with Crippen molar-refractivity contribution in [1.29, 1.82) is 0 Å². The molecule has 0 amide bonds. The van der Waals surface area contributed by atoms with Gasteiger partial charge in [0, 0.05) is 6.07 Å². The third-order valence-electron chi connectivity index (χ3n) is 2.65. The van der Waals surface area contributed by atoms with Crippen LogP contribution in [0.1, 0.15) is 32.6 Å². The summed E-state index contributed by atoms with van der Waals surface area (Å²) in [6.45, 7) is 2.00. The predicted octanol–water partition coefficient (Wildman–Crippen LogP) is 2.90.